The Morgan fingerprint density at radius 1 is 1.15 bits per heavy atom. The van der Waals surface area contributed by atoms with Gasteiger partial charge in [0.25, 0.3) is 5.91 Å². The van der Waals surface area contributed by atoms with Crippen molar-refractivity contribution in [2.45, 2.75) is 32.6 Å². The molecule has 20 heavy (non-hydrogen) atoms. The number of hydrogen-bond donors (Lipinski definition) is 0. The first-order chi connectivity index (χ1) is 9.66. The summed E-state index contributed by atoms with van der Waals surface area (Å²) in [6.07, 6.45) is 7.19. The summed E-state index contributed by atoms with van der Waals surface area (Å²) >= 11 is 0. The van der Waals surface area contributed by atoms with Gasteiger partial charge in [0.15, 0.2) is 12.3 Å². The Morgan fingerprint density at radius 3 is 2.45 bits per heavy atom. The number of aromatic nitrogens is 2. The highest BCUT2D eigenvalue weighted by atomic mass is 16.5. The maximum atomic E-state index is 12.0. The molecule has 0 radical (unpaired) electrons. The summed E-state index contributed by atoms with van der Waals surface area (Å²) in [5.74, 6) is -0.749. The van der Waals surface area contributed by atoms with Crippen LogP contribution in [0, 0.1) is 6.92 Å². The zero-order valence-electron chi connectivity index (χ0n) is 11.7. The molecule has 1 aromatic heterocycles. The molecule has 0 bridgehead atoms. The van der Waals surface area contributed by atoms with Crippen LogP contribution in [-0.2, 0) is 9.53 Å². The van der Waals surface area contributed by atoms with E-state index < -0.39 is 5.97 Å². The van der Waals surface area contributed by atoms with E-state index in [9.17, 15) is 9.59 Å². The molecule has 1 amide bonds. The van der Waals surface area contributed by atoms with Gasteiger partial charge in [-0.3, -0.25) is 9.78 Å². The molecule has 0 aromatic carbocycles. The smallest absolute Gasteiger partial charge is 0.359 e. The van der Waals surface area contributed by atoms with E-state index in [2.05, 4.69) is 9.97 Å². The lowest BCUT2D eigenvalue weighted by Crippen LogP contribution is -2.35. The topological polar surface area (TPSA) is 72.4 Å². The van der Waals surface area contributed by atoms with Crippen LogP contribution in [0.5, 0.6) is 0 Å². The lowest BCUT2D eigenvalue weighted by atomic mass is 10.2. The van der Waals surface area contributed by atoms with Crippen molar-refractivity contribution in [3.05, 3.63) is 23.8 Å². The van der Waals surface area contributed by atoms with Gasteiger partial charge in [-0.15, -0.1) is 0 Å². The van der Waals surface area contributed by atoms with E-state index in [0.29, 0.717) is 0 Å². The molecule has 6 heteroatoms. The molecule has 0 N–H and O–H groups in total. The van der Waals surface area contributed by atoms with E-state index in [4.69, 9.17) is 4.74 Å². The van der Waals surface area contributed by atoms with Crippen molar-refractivity contribution in [1.82, 2.24) is 14.9 Å². The number of carbonyl (C=O) groups is 2. The third kappa shape index (κ3) is 4.01. The van der Waals surface area contributed by atoms with Crippen molar-refractivity contribution in [3.8, 4) is 0 Å². The number of likely N-dealkylation sites (tertiary alicyclic amines) is 1. The third-order valence-electron chi connectivity index (χ3n) is 3.28. The molecule has 108 valence electrons. The second kappa shape index (κ2) is 6.98. The quantitative estimate of drug-likeness (QED) is 0.780. The van der Waals surface area contributed by atoms with Gasteiger partial charge in [-0.05, 0) is 19.8 Å². The summed E-state index contributed by atoms with van der Waals surface area (Å²) in [5.41, 5.74) is 0.849. The average molecular weight is 277 g/mol. The highest BCUT2D eigenvalue weighted by Crippen LogP contribution is 2.10. The fourth-order valence-corrected chi connectivity index (χ4v) is 2.11. The zero-order valence-corrected chi connectivity index (χ0v) is 11.7. The number of nitrogens with zero attached hydrogens (tertiary/aromatic N) is 3. The second-order valence-electron chi connectivity index (χ2n) is 4.91. The van der Waals surface area contributed by atoms with Crippen LogP contribution < -0.4 is 0 Å². The summed E-state index contributed by atoms with van der Waals surface area (Å²) in [6.45, 7) is 3.06. The fourth-order valence-electron chi connectivity index (χ4n) is 2.11. The molecule has 1 aromatic rings. The van der Waals surface area contributed by atoms with Crippen LogP contribution in [0.4, 0.5) is 0 Å². The number of ether oxygens (including phenoxy) is 1. The van der Waals surface area contributed by atoms with Crippen molar-refractivity contribution in [2.75, 3.05) is 19.7 Å². The molecular weight excluding hydrogens is 258 g/mol. The van der Waals surface area contributed by atoms with Gasteiger partial charge in [0.2, 0.25) is 0 Å². The Morgan fingerprint density at radius 2 is 1.85 bits per heavy atom. The highest BCUT2D eigenvalue weighted by Gasteiger charge is 2.18. The van der Waals surface area contributed by atoms with Crippen LogP contribution in [0.25, 0.3) is 0 Å². The SMILES string of the molecule is Cc1cnc(C(=O)OCC(=O)N2CCCCCC2)cn1. The first-order valence-electron chi connectivity index (χ1n) is 6.90. The summed E-state index contributed by atoms with van der Waals surface area (Å²) < 4.78 is 4.99. The molecule has 1 aliphatic heterocycles. The van der Waals surface area contributed by atoms with Crippen molar-refractivity contribution in [2.24, 2.45) is 0 Å². The van der Waals surface area contributed by atoms with Crippen LogP contribution in [0.3, 0.4) is 0 Å². The summed E-state index contributed by atoms with van der Waals surface area (Å²) in [5, 5.41) is 0. The number of amides is 1. The maximum absolute atomic E-state index is 12.0. The van der Waals surface area contributed by atoms with Crippen molar-refractivity contribution in [3.63, 3.8) is 0 Å². The van der Waals surface area contributed by atoms with Gasteiger partial charge in [0.1, 0.15) is 0 Å². The molecule has 1 aliphatic rings. The molecular formula is C14H19N3O3. The Balaban J connectivity index is 1.83. The normalized spacial score (nSPS) is 15.6. The Labute approximate surface area is 118 Å². The van der Waals surface area contributed by atoms with E-state index in [1.165, 1.54) is 12.4 Å². The van der Waals surface area contributed by atoms with Gasteiger partial charge in [-0.25, -0.2) is 9.78 Å². The van der Waals surface area contributed by atoms with E-state index in [1.54, 1.807) is 11.8 Å². The van der Waals surface area contributed by atoms with Crippen molar-refractivity contribution in [1.29, 1.82) is 0 Å². The molecule has 0 spiro atoms. The minimum Gasteiger partial charge on any atom is -0.451 e. The minimum atomic E-state index is -0.610. The van der Waals surface area contributed by atoms with Crippen molar-refractivity contribution < 1.29 is 14.3 Å². The maximum Gasteiger partial charge on any atom is 0.359 e. The highest BCUT2D eigenvalue weighted by molar-refractivity contribution is 5.89. The lowest BCUT2D eigenvalue weighted by Gasteiger charge is -2.19. The first kappa shape index (κ1) is 14.4. The van der Waals surface area contributed by atoms with Crippen molar-refractivity contribution >= 4 is 11.9 Å². The van der Waals surface area contributed by atoms with Crippen LogP contribution in [0.15, 0.2) is 12.4 Å². The van der Waals surface area contributed by atoms with E-state index in [1.807, 2.05) is 0 Å². The molecule has 2 heterocycles. The number of carbonyl (C=O) groups excluding carboxylic acids is 2. The molecule has 1 saturated heterocycles. The molecule has 0 saturated carbocycles. The van der Waals surface area contributed by atoms with E-state index in [-0.39, 0.29) is 18.2 Å². The monoisotopic (exact) mass is 277 g/mol. The van der Waals surface area contributed by atoms with Crippen LogP contribution in [-0.4, -0.2) is 46.4 Å². The summed E-state index contributed by atoms with van der Waals surface area (Å²) in [4.78, 5) is 33.3. The van der Waals surface area contributed by atoms with Crippen LogP contribution in [0.2, 0.25) is 0 Å². The second-order valence-corrected chi connectivity index (χ2v) is 4.91. The van der Waals surface area contributed by atoms with Gasteiger partial charge in [0.05, 0.1) is 11.9 Å². The number of hydrogen-bond acceptors (Lipinski definition) is 5. The molecule has 2 rings (SSSR count). The van der Waals surface area contributed by atoms with Crippen LogP contribution >= 0.6 is 0 Å². The standard InChI is InChI=1S/C14H19N3O3/c1-11-8-16-12(9-15-11)14(19)20-10-13(18)17-6-4-2-3-5-7-17/h8-9H,2-7,10H2,1H3. The van der Waals surface area contributed by atoms with Gasteiger partial charge < -0.3 is 9.64 Å². The third-order valence-corrected chi connectivity index (χ3v) is 3.28. The summed E-state index contributed by atoms with van der Waals surface area (Å²) in [6, 6.07) is 0. The van der Waals surface area contributed by atoms with Gasteiger partial charge in [0, 0.05) is 19.3 Å². The zero-order chi connectivity index (χ0) is 14.4. The van der Waals surface area contributed by atoms with Gasteiger partial charge in [-0.1, -0.05) is 12.8 Å². The fraction of sp³-hybridized carbons (Fsp3) is 0.571. The molecule has 1 fully saturated rings. The van der Waals surface area contributed by atoms with Crippen LogP contribution in [0.1, 0.15) is 41.9 Å². The average Bonchev–Trinajstić information content (AvgIpc) is 2.74. The Hall–Kier alpha value is -1.98. The minimum absolute atomic E-state index is 0.124. The lowest BCUT2D eigenvalue weighted by molar-refractivity contribution is -0.134. The molecule has 6 nitrogen and oxygen atoms in total. The number of aryl methyl sites for hydroxylation is 1. The van der Waals surface area contributed by atoms with Gasteiger partial charge >= 0.3 is 5.97 Å². The Bertz CT molecular complexity index is 465. The summed E-state index contributed by atoms with van der Waals surface area (Å²) in [7, 11) is 0. The predicted molar refractivity (Wildman–Crippen MR) is 72.1 cm³/mol. The number of rotatable bonds is 3. The number of esters is 1. The predicted octanol–water partition coefficient (Wildman–Crippen LogP) is 1.34. The molecule has 0 atom stereocenters. The van der Waals surface area contributed by atoms with E-state index in [0.717, 1.165) is 44.5 Å². The largest absolute Gasteiger partial charge is 0.451 e. The molecule has 0 aliphatic carbocycles. The van der Waals surface area contributed by atoms with Gasteiger partial charge in [-0.2, -0.15) is 0 Å². The Kier molecular flexibility index (Phi) is 5.03. The first-order valence-corrected chi connectivity index (χ1v) is 6.90. The van der Waals surface area contributed by atoms with E-state index >= 15 is 0 Å². The molecule has 0 unspecified atom stereocenters.